The minimum atomic E-state index is -3.13. The molecule has 0 saturated carbocycles. The van der Waals surface area contributed by atoms with Gasteiger partial charge in [-0.3, -0.25) is 0 Å². The van der Waals surface area contributed by atoms with Crippen molar-refractivity contribution in [2.75, 3.05) is 7.04 Å². The Balaban J connectivity index is 2.38. The fraction of sp³-hybridized carbons (Fsp3) is 0.471. The molecular formula is C17H23BN2O3. The average Bonchev–Trinajstić information content (AvgIpc) is 3.10. The molecule has 0 amide bonds. The Morgan fingerprint density at radius 3 is 2.57 bits per heavy atom. The molecule has 23 heavy (non-hydrogen) atoms. The number of rotatable bonds is 3. The van der Waals surface area contributed by atoms with Crippen LogP contribution in [0.5, 0.6) is 5.75 Å². The number of imidazole rings is 1. The number of para-hydroxylation sites is 2. The van der Waals surface area contributed by atoms with Crippen LogP contribution in [-0.2, 0) is 9.31 Å². The molecule has 0 bridgehead atoms. The normalized spacial score (nSPS) is 27.1. The quantitative estimate of drug-likeness (QED) is 0.814. The van der Waals surface area contributed by atoms with E-state index < -0.39 is 79.8 Å². The van der Waals surface area contributed by atoms with Crippen molar-refractivity contribution < 1.29 is 29.1 Å². The van der Waals surface area contributed by atoms with Gasteiger partial charge in [0.25, 0.3) is 0 Å². The number of aromatic nitrogens is 2. The summed E-state index contributed by atoms with van der Waals surface area (Å²) in [6, 6.07) is -3.23. The molecule has 3 rings (SSSR count). The molecule has 6 heteroatoms. The van der Waals surface area contributed by atoms with Crippen molar-refractivity contribution in [1.82, 2.24) is 9.55 Å². The van der Waals surface area contributed by atoms with Crippen molar-refractivity contribution >= 4 is 12.7 Å². The number of aryl methyl sites for hydroxylation is 1. The lowest BCUT2D eigenvalue weighted by molar-refractivity contribution is 0.00578. The highest BCUT2D eigenvalue weighted by Crippen LogP contribution is 2.36. The second-order valence-electron chi connectivity index (χ2n) is 6.14. The van der Waals surface area contributed by atoms with Gasteiger partial charge in [0, 0.05) is 10.3 Å². The van der Waals surface area contributed by atoms with Gasteiger partial charge < -0.3 is 18.6 Å². The molecule has 2 aromatic rings. The SMILES string of the molecule is [2H]c1c([2H])c([2H])c(-n2c(C([2H])([2H])[2H])nc(B3OC(C)(C)C(C)(C)O3)c2[2H])c(OC([2H])([2H])[2H])c1[2H]. The van der Waals surface area contributed by atoms with Gasteiger partial charge in [0.05, 0.1) is 40.5 Å². The van der Waals surface area contributed by atoms with E-state index in [9.17, 15) is 0 Å². The molecule has 2 heterocycles. The molecular weight excluding hydrogens is 291 g/mol. The van der Waals surface area contributed by atoms with Crippen molar-refractivity contribution in [3.63, 3.8) is 0 Å². The standard InChI is InChI=1S/C17H23BN2O3/c1-12-19-15(18-22-16(2,3)17(4,5)23-18)11-20(12)13-9-7-8-10-14(13)21-6/h7-11H,1-6H3/i1D3,6D3,7D,8D,9D,10D,11D. The predicted molar refractivity (Wildman–Crippen MR) is 90.6 cm³/mol. The van der Waals surface area contributed by atoms with E-state index in [2.05, 4.69) is 4.98 Å². The molecule has 5 nitrogen and oxygen atoms in total. The second kappa shape index (κ2) is 5.39. The van der Waals surface area contributed by atoms with Gasteiger partial charge in [0.2, 0.25) is 0 Å². The molecule has 122 valence electrons. The van der Waals surface area contributed by atoms with Gasteiger partial charge in [-0.25, -0.2) is 4.98 Å². The molecule has 1 saturated heterocycles. The second-order valence-corrected chi connectivity index (χ2v) is 6.14. The zero-order valence-electron chi connectivity index (χ0n) is 24.2. The molecule has 0 N–H and O–H groups in total. The van der Waals surface area contributed by atoms with Crippen LogP contribution < -0.4 is 10.3 Å². The lowest BCUT2D eigenvalue weighted by Gasteiger charge is -2.32. The highest BCUT2D eigenvalue weighted by atomic mass is 16.7. The Hall–Kier alpha value is -1.79. The summed E-state index contributed by atoms with van der Waals surface area (Å²) >= 11 is 0. The largest absolute Gasteiger partial charge is 0.516 e. The Morgan fingerprint density at radius 1 is 1.22 bits per heavy atom. The van der Waals surface area contributed by atoms with Crippen molar-refractivity contribution in [2.45, 2.75) is 45.7 Å². The Kier molecular flexibility index (Phi) is 1.74. The lowest BCUT2D eigenvalue weighted by Crippen LogP contribution is -2.41. The van der Waals surface area contributed by atoms with Crippen LogP contribution in [0.4, 0.5) is 0 Å². The van der Waals surface area contributed by atoms with Gasteiger partial charge >= 0.3 is 7.12 Å². The van der Waals surface area contributed by atoms with Crippen LogP contribution >= 0.6 is 0 Å². The van der Waals surface area contributed by atoms with Gasteiger partial charge in [-0.1, -0.05) is 12.1 Å². The van der Waals surface area contributed by atoms with E-state index in [1.54, 1.807) is 27.7 Å². The van der Waals surface area contributed by atoms with E-state index in [0.29, 0.717) is 4.57 Å². The number of nitrogens with zero attached hydrogens (tertiary/aromatic N) is 2. The van der Waals surface area contributed by atoms with E-state index in [-0.39, 0.29) is 5.59 Å². The summed E-state index contributed by atoms with van der Waals surface area (Å²) in [6.07, 6.45) is -0.620. The summed E-state index contributed by atoms with van der Waals surface area (Å²) in [6.45, 7) is 4.01. The third-order valence-corrected chi connectivity index (χ3v) is 4.10. The van der Waals surface area contributed by atoms with Crippen LogP contribution in [-0.4, -0.2) is 34.9 Å². The first-order valence-corrected chi connectivity index (χ1v) is 6.94. The van der Waals surface area contributed by atoms with Crippen molar-refractivity contribution in [3.8, 4) is 11.4 Å². The first-order chi connectivity index (χ1) is 15.2. The Bertz CT molecular complexity index is 1130. The van der Waals surface area contributed by atoms with Crippen molar-refractivity contribution in [1.29, 1.82) is 0 Å². The third kappa shape index (κ3) is 2.66. The van der Waals surface area contributed by atoms with Gasteiger partial charge in [-0.15, -0.1) is 0 Å². The number of benzene rings is 1. The van der Waals surface area contributed by atoms with Crippen molar-refractivity contribution in [3.05, 3.63) is 36.2 Å². The molecule has 1 aromatic carbocycles. The van der Waals surface area contributed by atoms with Gasteiger partial charge in [0.1, 0.15) is 11.6 Å². The lowest BCUT2D eigenvalue weighted by atomic mass is 9.86. The molecule has 1 fully saturated rings. The molecule has 0 atom stereocenters. The fourth-order valence-corrected chi connectivity index (χ4v) is 2.10. The van der Waals surface area contributed by atoms with E-state index >= 15 is 0 Å². The van der Waals surface area contributed by atoms with Crippen LogP contribution in [0.3, 0.4) is 0 Å². The zero-order chi connectivity index (χ0) is 26.2. The van der Waals surface area contributed by atoms with E-state index in [0.717, 1.165) is 0 Å². The maximum absolute atomic E-state index is 8.67. The van der Waals surface area contributed by atoms with Crippen molar-refractivity contribution in [2.24, 2.45) is 0 Å². The third-order valence-electron chi connectivity index (χ3n) is 4.10. The van der Waals surface area contributed by atoms with E-state index in [4.69, 9.17) is 29.1 Å². The monoisotopic (exact) mass is 325 g/mol. The molecule has 1 aromatic heterocycles. The fourth-order valence-electron chi connectivity index (χ4n) is 2.10. The van der Waals surface area contributed by atoms with Gasteiger partial charge in [0.15, 0.2) is 0 Å². The highest BCUT2D eigenvalue weighted by molar-refractivity contribution is 6.61. The zero-order valence-corrected chi connectivity index (χ0v) is 13.2. The van der Waals surface area contributed by atoms with Crippen LogP contribution in [0.15, 0.2) is 30.3 Å². The smallest absolute Gasteiger partial charge is 0.495 e. The summed E-state index contributed by atoms with van der Waals surface area (Å²) in [5.74, 6) is -1.59. The molecule has 0 radical (unpaired) electrons. The van der Waals surface area contributed by atoms with Crippen LogP contribution in [0.1, 0.15) is 48.6 Å². The molecule has 1 aliphatic heterocycles. The number of hydrogen-bond donors (Lipinski definition) is 0. The molecule has 0 spiro atoms. The minimum absolute atomic E-state index is 0.253. The summed E-state index contributed by atoms with van der Waals surface area (Å²) in [5.41, 5.74) is -2.62. The first kappa shape index (κ1) is 7.41. The highest BCUT2D eigenvalue weighted by Gasteiger charge is 2.52. The number of hydrogen-bond acceptors (Lipinski definition) is 4. The van der Waals surface area contributed by atoms with Crippen LogP contribution in [0.2, 0.25) is 0 Å². The topological polar surface area (TPSA) is 45.5 Å². The average molecular weight is 325 g/mol. The van der Waals surface area contributed by atoms with Gasteiger partial charge in [-0.05, 0) is 46.6 Å². The van der Waals surface area contributed by atoms with Crippen LogP contribution in [0, 0.1) is 6.85 Å². The predicted octanol–water partition coefficient (Wildman–Crippen LogP) is 2.49. The Labute approximate surface area is 153 Å². The number of methoxy groups -OCH3 is 1. The van der Waals surface area contributed by atoms with E-state index in [1.807, 2.05) is 0 Å². The Morgan fingerprint density at radius 2 is 1.91 bits per heavy atom. The molecule has 0 aliphatic carbocycles. The van der Waals surface area contributed by atoms with Crippen LogP contribution in [0.25, 0.3) is 5.69 Å². The van der Waals surface area contributed by atoms with Gasteiger partial charge in [-0.2, -0.15) is 0 Å². The molecule has 1 aliphatic rings. The first-order valence-electron chi connectivity index (χ1n) is 12.4. The summed E-state index contributed by atoms with van der Waals surface area (Å²) in [5, 5.41) is 0. The maximum Gasteiger partial charge on any atom is 0.516 e. The summed E-state index contributed by atoms with van der Waals surface area (Å²) in [4.78, 5) is 4.05. The number of ether oxygens (including phenoxy) is 1. The summed E-state index contributed by atoms with van der Waals surface area (Å²) in [7, 11) is -4.40. The molecule has 0 unspecified atom stereocenters. The summed E-state index contributed by atoms with van der Waals surface area (Å²) < 4.78 is 104. The van der Waals surface area contributed by atoms with E-state index in [1.165, 1.54) is 0 Å². The maximum atomic E-state index is 8.67. The minimum Gasteiger partial charge on any atom is -0.495 e.